The van der Waals surface area contributed by atoms with Crippen LogP contribution in [0.5, 0.6) is 0 Å². The Morgan fingerprint density at radius 3 is 2.52 bits per heavy atom. The predicted octanol–water partition coefficient (Wildman–Crippen LogP) is 2.72. The summed E-state index contributed by atoms with van der Waals surface area (Å²) in [6, 6.07) is 6.07. The van der Waals surface area contributed by atoms with Crippen molar-refractivity contribution in [2.75, 3.05) is 31.1 Å². The molecule has 0 spiro atoms. The first-order chi connectivity index (χ1) is 14.0. The zero-order valence-electron chi connectivity index (χ0n) is 15.0. The number of anilines is 1. The topological polar surface area (TPSA) is 71.6 Å². The average molecular weight is 421 g/mol. The highest BCUT2D eigenvalue weighted by molar-refractivity contribution is 6.33. The van der Waals surface area contributed by atoms with E-state index in [9.17, 15) is 18.4 Å². The predicted molar refractivity (Wildman–Crippen MR) is 102 cm³/mol. The quantitative estimate of drug-likeness (QED) is 0.651. The molecule has 1 aromatic carbocycles. The Bertz CT molecular complexity index is 1110. The normalized spacial score (nSPS) is 14.3. The Balaban J connectivity index is 1.54. The highest BCUT2D eigenvalue weighted by Gasteiger charge is 2.26. The van der Waals surface area contributed by atoms with Gasteiger partial charge in [-0.25, -0.2) is 8.78 Å². The van der Waals surface area contributed by atoms with E-state index >= 15 is 0 Å². The van der Waals surface area contributed by atoms with Crippen LogP contribution in [-0.4, -0.2) is 46.8 Å². The molecule has 0 N–H and O–H groups in total. The smallest absolute Gasteiger partial charge is 0.292 e. The third kappa shape index (κ3) is 3.61. The highest BCUT2D eigenvalue weighted by atomic mass is 35.5. The van der Waals surface area contributed by atoms with Crippen molar-refractivity contribution in [1.82, 2.24) is 14.7 Å². The van der Waals surface area contributed by atoms with Gasteiger partial charge in [0.05, 0.1) is 18.1 Å². The third-order valence-corrected chi connectivity index (χ3v) is 5.03. The van der Waals surface area contributed by atoms with Gasteiger partial charge in [-0.2, -0.15) is 9.78 Å². The lowest BCUT2D eigenvalue weighted by Gasteiger charge is -2.35. The molecule has 7 nitrogen and oxygen atoms in total. The van der Waals surface area contributed by atoms with Gasteiger partial charge in [-0.1, -0.05) is 11.6 Å². The number of amides is 1. The van der Waals surface area contributed by atoms with Gasteiger partial charge < -0.3 is 14.2 Å². The summed E-state index contributed by atoms with van der Waals surface area (Å²) in [7, 11) is 0. The Hall–Kier alpha value is -3.20. The SMILES string of the molecule is O=C(c1ccco1)N1CCN(c2cnn(-c3ccc(F)cc3F)c(=O)c2Cl)CC1. The van der Waals surface area contributed by atoms with E-state index in [2.05, 4.69) is 5.10 Å². The van der Waals surface area contributed by atoms with Crippen molar-refractivity contribution in [2.24, 2.45) is 0 Å². The fourth-order valence-electron chi connectivity index (χ4n) is 3.18. The van der Waals surface area contributed by atoms with Gasteiger partial charge in [-0.15, -0.1) is 0 Å². The van der Waals surface area contributed by atoms with Crippen molar-refractivity contribution >= 4 is 23.2 Å². The molecular weight excluding hydrogens is 406 g/mol. The second kappa shape index (κ2) is 7.67. The van der Waals surface area contributed by atoms with E-state index in [0.29, 0.717) is 37.9 Å². The summed E-state index contributed by atoms with van der Waals surface area (Å²) in [5, 5.41) is 3.86. The average Bonchev–Trinajstić information content (AvgIpc) is 3.25. The number of hydrogen-bond donors (Lipinski definition) is 0. The van der Waals surface area contributed by atoms with E-state index in [-0.39, 0.29) is 22.4 Å². The van der Waals surface area contributed by atoms with Gasteiger partial charge in [0.15, 0.2) is 11.6 Å². The van der Waals surface area contributed by atoms with Crippen LogP contribution in [0.2, 0.25) is 5.02 Å². The van der Waals surface area contributed by atoms with Gasteiger partial charge in [-0.05, 0) is 24.3 Å². The molecule has 10 heteroatoms. The summed E-state index contributed by atoms with van der Waals surface area (Å²) in [4.78, 5) is 28.4. The van der Waals surface area contributed by atoms with E-state index < -0.39 is 17.2 Å². The number of carbonyl (C=O) groups is 1. The first-order valence-corrected chi connectivity index (χ1v) is 9.14. The lowest BCUT2D eigenvalue weighted by molar-refractivity contribution is 0.0714. The molecule has 29 heavy (non-hydrogen) atoms. The molecule has 150 valence electrons. The number of nitrogens with zero attached hydrogens (tertiary/aromatic N) is 4. The second-order valence-electron chi connectivity index (χ2n) is 6.41. The Kier molecular flexibility index (Phi) is 5.06. The maximum Gasteiger partial charge on any atom is 0.292 e. The summed E-state index contributed by atoms with van der Waals surface area (Å²) in [6.07, 6.45) is 2.80. The molecule has 0 bridgehead atoms. The maximum atomic E-state index is 14.0. The summed E-state index contributed by atoms with van der Waals surface area (Å²) < 4.78 is 33.0. The van der Waals surface area contributed by atoms with Crippen LogP contribution in [0.15, 0.2) is 52.0 Å². The molecule has 4 rings (SSSR count). The molecule has 0 saturated carbocycles. The van der Waals surface area contributed by atoms with Gasteiger partial charge in [0.2, 0.25) is 0 Å². The minimum Gasteiger partial charge on any atom is -0.459 e. The molecular formula is C19H15ClF2N4O3. The number of carbonyl (C=O) groups excluding carboxylic acids is 1. The lowest BCUT2D eigenvalue weighted by atomic mass is 10.2. The fraction of sp³-hybridized carbons (Fsp3) is 0.211. The monoisotopic (exact) mass is 420 g/mol. The molecule has 1 saturated heterocycles. The number of piperazine rings is 1. The molecule has 0 atom stereocenters. The first-order valence-electron chi connectivity index (χ1n) is 8.76. The summed E-state index contributed by atoms with van der Waals surface area (Å²) >= 11 is 6.24. The molecule has 3 heterocycles. The van der Waals surface area contributed by atoms with Gasteiger partial charge in [0.25, 0.3) is 11.5 Å². The van der Waals surface area contributed by atoms with E-state index in [1.165, 1.54) is 12.5 Å². The molecule has 3 aromatic rings. The maximum absolute atomic E-state index is 14.0. The Morgan fingerprint density at radius 1 is 1.10 bits per heavy atom. The van der Waals surface area contributed by atoms with E-state index in [1.807, 2.05) is 4.90 Å². The van der Waals surface area contributed by atoms with Gasteiger partial charge in [-0.3, -0.25) is 9.59 Å². The molecule has 1 amide bonds. The minimum atomic E-state index is -0.923. The number of furan rings is 1. The van der Waals surface area contributed by atoms with Crippen LogP contribution in [0.4, 0.5) is 14.5 Å². The van der Waals surface area contributed by atoms with Gasteiger partial charge >= 0.3 is 0 Å². The molecule has 0 unspecified atom stereocenters. The number of aromatic nitrogens is 2. The largest absolute Gasteiger partial charge is 0.459 e. The summed E-state index contributed by atoms with van der Waals surface area (Å²) in [6.45, 7) is 1.68. The van der Waals surface area contributed by atoms with E-state index in [1.54, 1.807) is 17.0 Å². The molecule has 1 aliphatic heterocycles. The number of benzene rings is 1. The molecule has 2 aromatic heterocycles. The summed E-state index contributed by atoms with van der Waals surface area (Å²) in [5.41, 5.74) is -0.525. The number of hydrogen-bond acceptors (Lipinski definition) is 5. The van der Waals surface area contributed by atoms with Crippen LogP contribution in [0.3, 0.4) is 0 Å². The fourth-order valence-corrected chi connectivity index (χ4v) is 3.42. The summed E-state index contributed by atoms with van der Waals surface area (Å²) in [5.74, 6) is -1.62. The van der Waals surface area contributed by atoms with Crippen molar-refractivity contribution in [3.63, 3.8) is 0 Å². The zero-order valence-corrected chi connectivity index (χ0v) is 15.8. The van der Waals surface area contributed by atoms with Crippen molar-refractivity contribution in [1.29, 1.82) is 0 Å². The third-order valence-electron chi connectivity index (χ3n) is 4.68. The second-order valence-corrected chi connectivity index (χ2v) is 6.79. The Labute approximate surface area is 168 Å². The lowest BCUT2D eigenvalue weighted by Crippen LogP contribution is -2.49. The molecule has 0 radical (unpaired) electrons. The molecule has 0 aliphatic carbocycles. The van der Waals surface area contributed by atoms with Crippen molar-refractivity contribution in [3.05, 3.63) is 75.6 Å². The molecule has 1 fully saturated rings. The molecule has 1 aliphatic rings. The zero-order chi connectivity index (χ0) is 20.5. The van der Waals surface area contributed by atoms with Gasteiger partial charge in [0.1, 0.15) is 16.5 Å². The van der Waals surface area contributed by atoms with Crippen molar-refractivity contribution in [2.45, 2.75) is 0 Å². The van der Waals surface area contributed by atoms with Crippen LogP contribution in [0.1, 0.15) is 10.6 Å². The van der Waals surface area contributed by atoms with Crippen molar-refractivity contribution < 1.29 is 18.0 Å². The van der Waals surface area contributed by atoms with Crippen LogP contribution in [-0.2, 0) is 0 Å². The number of halogens is 3. The van der Waals surface area contributed by atoms with Crippen LogP contribution < -0.4 is 10.5 Å². The first kappa shape index (κ1) is 19.1. The van der Waals surface area contributed by atoms with Crippen molar-refractivity contribution in [3.8, 4) is 5.69 Å². The highest BCUT2D eigenvalue weighted by Crippen LogP contribution is 2.24. The van der Waals surface area contributed by atoms with Gasteiger partial charge in [0, 0.05) is 32.2 Å². The number of rotatable bonds is 3. The minimum absolute atomic E-state index is 0.130. The van der Waals surface area contributed by atoms with E-state index in [4.69, 9.17) is 16.0 Å². The van der Waals surface area contributed by atoms with Crippen LogP contribution in [0, 0.1) is 11.6 Å². The van der Waals surface area contributed by atoms with Crippen LogP contribution in [0.25, 0.3) is 5.69 Å². The van der Waals surface area contributed by atoms with E-state index in [0.717, 1.165) is 16.8 Å². The van der Waals surface area contributed by atoms with Crippen LogP contribution >= 0.6 is 11.6 Å². The Morgan fingerprint density at radius 2 is 1.86 bits per heavy atom. The standard InChI is InChI=1S/C19H15ClF2N4O3/c20-17-15(11-23-26(19(17)28)14-4-3-12(21)10-13(14)22)24-5-7-25(8-6-24)18(27)16-2-1-9-29-16/h1-4,9-11H,5-8H2.